The molecule has 2 N–H and O–H groups in total. The summed E-state index contributed by atoms with van der Waals surface area (Å²) in [6.07, 6.45) is 3.71. The summed E-state index contributed by atoms with van der Waals surface area (Å²) in [5, 5.41) is 0.313. The lowest BCUT2D eigenvalue weighted by atomic mass is 10.2. The molecule has 3 heteroatoms. The third-order valence-electron chi connectivity index (χ3n) is 1.38. The molecule has 0 aliphatic rings. The van der Waals surface area contributed by atoms with Crippen molar-refractivity contribution in [1.82, 2.24) is 0 Å². The van der Waals surface area contributed by atoms with Gasteiger partial charge in [0.2, 0.25) is 0 Å². The molecule has 0 saturated heterocycles. The molecule has 0 amide bonds. The Bertz CT molecular complexity index is 95.1. The topological polar surface area (TPSA) is 43.1 Å². The molecule has 0 bridgehead atoms. The van der Waals surface area contributed by atoms with Crippen molar-refractivity contribution in [2.24, 2.45) is 5.73 Å². The van der Waals surface area contributed by atoms with Crippen LogP contribution >= 0.6 is 0 Å². The van der Waals surface area contributed by atoms with E-state index < -0.39 is 10.8 Å². The maximum absolute atomic E-state index is 10.7. The number of nitrogens with two attached hydrogens (primary N) is 1. The number of hydrogen-bond donors (Lipinski definition) is 1. The van der Waals surface area contributed by atoms with Gasteiger partial charge in [0.05, 0.1) is 0 Å². The second-order valence-electron chi connectivity index (χ2n) is 2.24. The molecular weight excluding hydrogens is 134 g/mol. The quantitative estimate of drug-likeness (QED) is 0.632. The molecule has 0 saturated carbocycles. The van der Waals surface area contributed by atoms with Crippen LogP contribution in [0.3, 0.4) is 0 Å². The highest BCUT2D eigenvalue weighted by Gasteiger charge is 2.03. The molecule has 2 atom stereocenters. The lowest BCUT2D eigenvalue weighted by Crippen LogP contribution is -2.11. The summed E-state index contributed by atoms with van der Waals surface area (Å²) < 4.78 is 10.7. The van der Waals surface area contributed by atoms with Crippen LogP contribution in [-0.4, -0.2) is 22.3 Å². The van der Waals surface area contributed by atoms with Gasteiger partial charge in [-0.3, -0.25) is 4.21 Å². The summed E-state index contributed by atoms with van der Waals surface area (Å²) in [5.74, 6) is 0. The minimum Gasteiger partial charge on any atom is -0.330 e. The molecule has 0 heterocycles. The fraction of sp³-hybridized carbons (Fsp3) is 1.00. The number of rotatable bonds is 4. The van der Waals surface area contributed by atoms with Crippen LogP contribution < -0.4 is 5.73 Å². The van der Waals surface area contributed by atoms with E-state index in [1.54, 1.807) is 6.26 Å². The van der Waals surface area contributed by atoms with Gasteiger partial charge < -0.3 is 5.73 Å². The van der Waals surface area contributed by atoms with E-state index >= 15 is 0 Å². The van der Waals surface area contributed by atoms with Gasteiger partial charge in [-0.15, -0.1) is 0 Å². The normalized spacial score (nSPS) is 17.2. The van der Waals surface area contributed by atoms with E-state index in [0.29, 0.717) is 11.8 Å². The van der Waals surface area contributed by atoms with Gasteiger partial charge >= 0.3 is 0 Å². The molecule has 2 unspecified atom stereocenters. The molecule has 0 aliphatic heterocycles. The number of hydrogen-bond acceptors (Lipinski definition) is 2. The Morgan fingerprint density at radius 3 is 2.56 bits per heavy atom. The van der Waals surface area contributed by atoms with Crippen LogP contribution in [0, 0.1) is 0 Å². The summed E-state index contributed by atoms with van der Waals surface area (Å²) in [7, 11) is -0.667. The van der Waals surface area contributed by atoms with Crippen LogP contribution in [0.15, 0.2) is 0 Å². The molecule has 0 aliphatic carbocycles. The smallest absolute Gasteiger partial charge is 0.0317 e. The molecule has 56 valence electrons. The van der Waals surface area contributed by atoms with Gasteiger partial charge in [-0.2, -0.15) is 0 Å². The highest BCUT2D eigenvalue weighted by atomic mass is 32.2. The third kappa shape index (κ3) is 4.60. The molecule has 0 aromatic heterocycles. The first-order valence-electron chi connectivity index (χ1n) is 3.20. The van der Waals surface area contributed by atoms with Crippen molar-refractivity contribution in [2.45, 2.75) is 25.0 Å². The van der Waals surface area contributed by atoms with Gasteiger partial charge in [-0.25, -0.2) is 0 Å². The van der Waals surface area contributed by atoms with E-state index in [0.717, 1.165) is 12.8 Å². The molecule has 2 nitrogen and oxygen atoms in total. The van der Waals surface area contributed by atoms with Crippen molar-refractivity contribution in [3.63, 3.8) is 0 Å². The Morgan fingerprint density at radius 2 is 2.22 bits per heavy atom. The van der Waals surface area contributed by atoms with Crippen molar-refractivity contribution in [3.8, 4) is 0 Å². The van der Waals surface area contributed by atoms with E-state index in [1.165, 1.54) is 0 Å². The van der Waals surface area contributed by atoms with Gasteiger partial charge in [0.25, 0.3) is 0 Å². The van der Waals surface area contributed by atoms with Crippen molar-refractivity contribution >= 4 is 10.8 Å². The zero-order chi connectivity index (χ0) is 7.28. The average molecular weight is 149 g/mol. The second-order valence-corrected chi connectivity index (χ2v) is 4.04. The molecule has 0 radical (unpaired) electrons. The van der Waals surface area contributed by atoms with E-state index in [9.17, 15) is 4.21 Å². The minimum atomic E-state index is -0.667. The average Bonchev–Trinajstić information content (AvgIpc) is 1.82. The summed E-state index contributed by atoms with van der Waals surface area (Å²) in [4.78, 5) is 0. The van der Waals surface area contributed by atoms with Crippen molar-refractivity contribution in [1.29, 1.82) is 0 Å². The van der Waals surface area contributed by atoms with Crippen LogP contribution in [-0.2, 0) is 10.8 Å². The van der Waals surface area contributed by atoms with Crippen LogP contribution in [0.1, 0.15) is 19.8 Å². The van der Waals surface area contributed by atoms with E-state index in [2.05, 4.69) is 0 Å². The zero-order valence-corrected chi connectivity index (χ0v) is 6.91. The lowest BCUT2D eigenvalue weighted by Gasteiger charge is -2.04. The maximum Gasteiger partial charge on any atom is 0.0317 e. The monoisotopic (exact) mass is 149 g/mol. The van der Waals surface area contributed by atoms with Crippen molar-refractivity contribution < 1.29 is 4.21 Å². The fourth-order valence-corrected chi connectivity index (χ4v) is 1.07. The van der Waals surface area contributed by atoms with Crippen LogP contribution in [0.2, 0.25) is 0 Å². The summed E-state index contributed by atoms with van der Waals surface area (Å²) in [5.41, 5.74) is 5.28. The van der Waals surface area contributed by atoms with Crippen LogP contribution in [0.4, 0.5) is 0 Å². The van der Waals surface area contributed by atoms with E-state index in [1.807, 2.05) is 6.92 Å². The SMILES string of the molecule is CC(CCCN)S(C)=O. The maximum atomic E-state index is 10.7. The molecule has 9 heavy (non-hydrogen) atoms. The predicted molar refractivity (Wildman–Crippen MR) is 41.8 cm³/mol. The third-order valence-corrected chi connectivity index (χ3v) is 2.75. The highest BCUT2D eigenvalue weighted by Crippen LogP contribution is 2.00. The van der Waals surface area contributed by atoms with E-state index in [-0.39, 0.29) is 0 Å². The molecule has 0 aromatic rings. The van der Waals surface area contributed by atoms with Gasteiger partial charge in [0.15, 0.2) is 0 Å². The van der Waals surface area contributed by atoms with Gasteiger partial charge in [0.1, 0.15) is 0 Å². The first-order chi connectivity index (χ1) is 4.18. The molecule has 0 spiro atoms. The Kier molecular flexibility index (Phi) is 5.00. The van der Waals surface area contributed by atoms with E-state index in [4.69, 9.17) is 5.73 Å². The zero-order valence-electron chi connectivity index (χ0n) is 6.09. The summed E-state index contributed by atoms with van der Waals surface area (Å²) in [6.45, 7) is 2.70. The Morgan fingerprint density at radius 1 is 1.67 bits per heavy atom. The fourth-order valence-electron chi connectivity index (χ4n) is 0.571. The largest absolute Gasteiger partial charge is 0.330 e. The molecule has 0 fully saturated rings. The Labute approximate surface area is 59.3 Å². The van der Waals surface area contributed by atoms with Gasteiger partial charge in [0, 0.05) is 22.3 Å². The lowest BCUT2D eigenvalue weighted by molar-refractivity contribution is 0.661. The van der Waals surface area contributed by atoms with Crippen molar-refractivity contribution in [2.75, 3.05) is 12.8 Å². The Hall–Kier alpha value is 0.110. The molecule has 0 rings (SSSR count). The summed E-state index contributed by atoms with van der Waals surface area (Å²) >= 11 is 0. The standard InChI is InChI=1S/C6H15NOS/c1-6(9(2)8)4-3-5-7/h6H,3-5,7H2,1-2H3. The van der Waals surface area contributed by atoms with Crippen LogP contribution in [0.5, 0.6) is 0 Å². The minimum absolute atomic E-state index is 0.313. The predicted octanol–water partition coefficient (Wildman–Crippen LogP) is 0.492. The van der Waals surface area contributed by atoms with Gasteiger partial charge in [-0.1, -0.05) is 6.92 Å². The first kappa shape index (κ1) is 9.11. The van der Waals surface area contributed by atoms with Gasteiger partial charge in [-0.05, 0) is 19.4 Å². The molecular formula is C6H15NOS. The van der Waals surface area contributed by atoms with Crippen molar-refractivity contribution in [3.05, 3.63) is 0 Å². The first-order valence-corrected chi connectivity index (χ1v) is 4.83. The highest BCUT2D eigenvalue weighted by molar-refractivity contribution is 7.84. The molecule has 0 aromatic carbocycles. The summed E-state index contributed by atoms with van der Waals surface area (Å²) in [6, 6.07) is 0. The Balaban J connectivity index is 3.27. The second kappa shape index (κ2) is 4.94. The van der Waals surface area contributed by atoms with Crippen LogP contribution in [0.25, 0.3) is 0 Å².